The normalized spacial score (nSPS) is 19.5. The van der Waals surface area contributed by atoms with Crippen LogP contribution in [0.25, 0.3) is 0 Å². The van der Waals surface area contributed by atoms with Gasteiger partial charge in [0.15, 0.2) is 0 Å². The molecule has 1 atom stereocenters. The van der Waals surface area contributed by atoms with Crippen molar-refractivity contribution in [1.29, 1.82) is 0 Å². The van der Waals surface area contributed by atoms with Crippen molar-refractivity contribution in [2.75, 3.05) is 31.5 Å². The molecule has 9 heteroatoms. The lowest BCUT2D eigenvalue weighted by Gasteiger charge is -2.31. The molecule has 0 radical (unpaired) electrons. The molecule has 2 aliphatic heterocycles. The fourth-order valence-electron chi connectivity index (χ4n) is 4.20. The highest BCUT2D eigenvalue weighted by Gasteiger charge is 2.31. The lowest BCUT2D eigenvalue weighted by Crippen LogP contribution is -2.41. The van der Waals surface area contributed by atoms with E-state index >= 15 is 0 Å². The average molecular weight is 446 g/mol. The number of nitrogens with zero attached hydrogens (tertiary/aromatic N) is 4. The van der Waals surface area contributed by atoms with E-state index in [1.54, 1.807) is 18.0 Å². The van der Waals surface area contributed by atoms with Crippen LogP contribution < -0.4 is 5.32 Å². The maximum atomic E-state index is 13.1. The van der Waals surface area contributed by atoms with Crippen molar-refractivity contribution in [1.82, 2.24) is 19.8 Å². The number of piperidine rings is 1. The summed E-state index contributed by atoms with van der Waals surface area (Å²) in [5.41, 5.74) is 1.20. The standard InChI is InChI=1S/C22H25ClFN5O2/c1-14(30)28-10-7-18(8-11-28)26-22-25-12-19(23)20(27-22)16-6-9-29(13-16)21(31)15-2-4-17(24)5-3-15/h2-5,12,16,18H,6-11,13H2,1H3,(H,25,26,27). The molecular formula is C22H25ClFN5O2. The molecule has 164 valence electrons. The number of hydrogen-bond donors (Lipinski definition) is 1. The highest BCUT2D eigenvalue weighted by molar-refractivity contribution is 6.31. The maximum absolute atomic E-state index is 13.1. The zero-order valence-corrected chi connectivity index (χ0v) is 18.1. The smallest absolute Gasteiger partial charge is 0.253 e. The number of carbonyl (C=O) groups is 2. The van der Waals surface area contributed by atoms with Gasteiger partial charge in [-0.1, -0.05) is 11.6 Å². The van der Waals surface area contributed by atoms with Crippen LogP contribution in [0.3, 0.4) is 0 Å². The highest BCUT2D eigenvalue weighted by atomic mass is 35.5. The van der Waals surface area contributed by atoms with Crippen molar-refractivity contribution >= 4 is 29.4 Å². The number of anilines is 1. The summed E-state index contributed by atoms with van der Waals surface area (Å²) in [4.78, 5) is 36.8. The van der Waals surface area contributed by atoms with Crippen molar-refractivity contribution < 1.29 is 14.0 Å². The molecule has 2 aliphatic rings. The first-order chi connectivity index (χ1) is 14.9. The lowest BCUT2D eigenvalue weighted by atomic mass is 10.0. The second-order valence-corrected chi connectivity index (χ2v) is 8.50. The van der Waals surface area contributed by atoms with E-state index in [9.17, 15) is 14.0 Å². The topological polar surface area (TPSA) is 78.4 Å². The quantitative estimate of drug-likeness (QED) is 0.781. The number of benzene rings is 1. The van der Waals surface area contributed by atoms with Crippen LogP contribution in [-0.4, -0.2) is 63.8 Å². The van der Waals surface area contributed by atoms with Gasteiger partial charge in [0.05, 0.1) is 16.9 Å². The molecular weight excluding hydrogens is 421 g/mol. The Kier molecular flexibility index (Phi) is 6.36. The van der Waals surface area contributed by atoms with E-state index in [4.69, 9.17) is 11.6 Å². The molecule has 2 saturated heterocycles. The molecule has 0 aliphatic carbocycles. The van der Waals surface area contributed by atoms with Crippen molar-refractivity contribution in [2.24, 2.45) is 0 Å². The summed E-state index contributed by atoms with van der Waals surface area (Å²) >= 11 is 6.39. The van der Waals surface area contributed by atoms with E-state index in [0.29, 0.717) is 29.6 Å². The molecule has 3 heterocycles. The molecule has 1 aromatic heterocycles. The first-order valence-electron chi connectivity index (χ1n) is 10.5. The van der Waals surface area contributed by atoms with Crippen molar-refractivity contribution in [3.63, 3.8) is 0 Å². The number of halogens is 2. The van der Waals surface area contributed by atoms with Gasteiger partial charge in [-0.05, 0) is 43.5 Å². The first-order valence-corrected chi connectivity index (χ1v) is 10.9. The highest BCUT2D eigenvalue weighted by Crippen LogP contribution is 2.32. The van der Waals surface area contributed by atoms with Crippen LogP contribution in [0.2, 0.25) is 5.02 Å². The predicted octanol–water partition coefficient (Wildman–Crippen LogP) is 3.32. The Hall–Kier alpha value is -2.74. The third-order valence-corrected chi connectivity index (χ3v) is 6.29. The molecule has 7 nitrogen and oxygen atoms in total. The van der Waals surface area contributed by atoms with E-state index in [2.05, 4.69) is 15.3 Å². The first kappa shape index (κ1) is 21.5. The molecule has 2 amide bonds. The van der Waals surface area contributed by atoms with Gasteiger partial charge >= 0.3 is 0 Å². The number of hydrogen-bond acceptors (Lipinski definition) is 5. The molecule has 4 rings (SSSR count). The van der Waals surface area contributed by atoms with Crippen LogP contribution >= 0.6 is 11.6 Å². The molecule has 0 spiro atoms. The van der Waals surface area contributed by atoms with Gasteiger partial charge in [-0.2, -0.15) is 0 Å². The Labute approximate surface area is 185 Å². The van der Waals surface area contributed by atoms with Crippen LogP contribution in [-0.2, 0) is 4.79 Å². The Morgan fingerprint density at radius 2 is 1.77 bits per heavy atom. The van der Waals surface area contributed by atoms with Gasteiger partial charge in [0, 0.05) is 50.6 Å². The van der Waals surface area contributed by atoms with Crippen LogP contribution in [0.1, 0.15) is 48.2 Å². The minimum atomic E-state index is -0.365. The Bertz CT molecular complexity index is 963. The zero-order chi connectivity index (χ0) is 22.0. The van der Waals surface area contributed by atoms with Crippen LogP contribution in [0.15, 0.2) is 30.5 Å². The number of amides is 2. The van der Waals surface area contributed by atoms with Gasteiger partial charge in [0.25, 0.3) is 5.91 Å². The SMILES string of the molecule is CC(=O)N1CCC(Nc2ncc(Cl)c(C3CCN(C(=O)c4ccc(F)cc4)C3)n2)CC1. The second kappa shape index (κ2) is 9.18. The molecule has 31 heavy (non-hydrogen) atoms. The largest absolute Gasteiger partial charge is 0.351 e. The minimum Gasteiger partial charge on any atom is -0.351 e. The molecule has 2 fully saturated rings. The van der Waals surface area contributed by atoms with Crippen molar-refractivity contribution in [3.05, 3.63) is 52.6 Å². The number of aromatic nitrogens is 2. The van der Waals surface area contributed by atoms with E-state index in [1.165, 1.54) is 24.3 Å². The van der Waals surface area contributed by atoms with Gasteiger partial charge in [0.1, 0.15) is 5.82 Å². The summed E-state index contributed by atoms with van der Waals surface area (Å²) in [5.74, 6) is 0.146. The molecule has 1 aromatic carbocycles. The van der Waals surface area contributed by atoms with Gasteiger partial charge in [-0.15, -0.1) is 0 Å². The van der Waals surface area contributed by atoms with E-state index in [1.807, 2.05) is 4.90 Å². The number of nitrogens with one attached hydrogen (secondary N) is 1. The molecule has 0 bridgehead atoms. The van der Waals surface area contributed by atoms with Crippen molar-refractivity contribution in [3.8, 4) is 0 Å². The summed E-state index contributed by atoms with van der Waals surface area (Å²) in [6, 6.07) is 5.79. The van der Waals surface area contributed by atoms with E-state index < -0.39 is 0 Å². The minimum absolute atomic E-state index is 0.0139. The zero-order valence-electron chi connectivity index (χ0n) is 17.4. The average Bonchev–Trinajstić information content (AvgIpc) is 3.25. The third kappa shape index (κ3) is 4.95. The van der Waals surface area contributed by atoms with Crippen LogP contribution in [0.4, 0.5) is 10.3 Å². The lowest BCUT2D eigenvalue weighted by molar-refractivity contribution is -0.129. The van der Waals surface area contributed by atoms with Gasteiger partial charge in [-0.3, -0.25) is 9.59 Å². The van der Waals surface area contributed by atoms with Gasteiger partial charge < -0.3 is 15.1 Å². The number of carbonyl (C=O) groups excluding carboxylic acids is 2. The van der Waals surface area contributed by atoms with E-state index in [-0.39, 0.29) is 29.6 Å². The number of rotatable bonds is 4. The third-order valence-electron chi connectivity index (χ3n) is 6.00. The summed E-state index contributed by atoms with van der Waals surface area (Å²) in [7, 11) is 0. The Morgan fingerprint density at radius 3 is 2.45 bits per heavy atom. The second-order valence-electron chi connectivity index (χ2n) is 8.10. The fourth-order valence-corrected chi connectivity index (χ4v) is 4.45. The van der Waals surface area contributed by atoms with Crippen LogP contribution in [0.5, 0.6) is 0 Å². The summed E-state index contributed by atoms with van der Waals surface area (Å²) in [6.07, 6.45) is 4.02. The van der Waals surface area contributed by atoms with Gasteiger partial charge in [0.2, 0.25) is 11.9 Å². The molecule has 1 unspecified atom stereocenters. The van der Waals surface area contributed by atoms with E-state index in [0.717, 1.165) is 38.0 Å². The molecule has 2 aromatic rings. The predicted molar refractivity (Wildman–Crippen MR) is 116 cm³/mol. The monoisotopic (exact) mass is 445 g/mol. The summed E-state index contributed by atoms with van der Waals surface area (Å²) in [5, 5.41) is 3.85. The fraction of sp³-hybridized carbons (Fsp3) is 0.455. The Morgan fingerprint density at radius 1 is 1.10 bits per heavy atom. The summed E-state index contributed by atoms with van der Waals surface area (Å²) in [6.45, 7) is 4.12. The Balaban J connectivity index is 1.40. The van der Waals surface area contributed by atoms with Gasteiger partial charge in [-0.25, -0.2) is 14.4 Å². The molecule has 0 saturated carbocycles. The van der Waals surface area contributed by atoms with Crippen LogP contribution in [0, 0.1) is 5.82 Å². The number of likely N-dealkylation sites (tertiary alicyclic amines) is 2. The van der Waals surface area contributed by atoms with Crippen molar-refractivity contribution in [2.45, 2.75) is 38.1 Å². The molecule has 1 N–H and O–H groups in total. The summed E-state index contributed by atoms with van der Waals surface area (Å²) < 4.78 is 13.1. The maximum Gasteiger partial charge on any atom is 0.253 e.